The van der Waals surface area contributed by atoms with E-state index in [1.165, 1.54) is 0 Å². The van der Waals surface area contributed by atoms with Crippen LogP contribution in [0.2, 0.25) is 5.02 Å². The molecule has 1 aromatic heterocycles. The van der Waals surface area contributed by atoms with E-state index in [4.69, 9.17) is 16.9 Å². The molecule has 3 aromatic rings. The maximum absolute atomic E-state index is 12.7. The molecule has 0 atom stereocenters. The van der Waals surface area contributed by atoms with Gasteiger partial charge in [-0.05, 0) is 42.8 Å². The van der Waals surface area contributed by atoms with Crippen molar-refractivity contribution in [3.63, 3.8) is 0 Å². The molecule has 0 amide bonds. The summed E-state index contributed by atoms with van der Waals surface area (Å²) < 4.78 is 0. The van der Waals surface area contributed by atoms with Crippen LogP contribution in [0.15, 0.2) is 42.6 Å². The van der Waals surface area contributed by atoms with Crippen LogP contribution in [0.5, 0.6) is 0 Å². The van der Waals surface area contributed by atoms with E-state index in [-0.39, 0.29) is 5.78 Å². The molecule has 0 unspecified atom stereocenters. The van der Waals surface area contributed by atoms with Gasteiger partial charge in [0.05, 0.1) is 11.6 Å². The first kappa shape index (κ1) is 13.4. The smallest absolute Gasteiger partial charge is 0.195 e. The number of aryl methyl sites for hydroxylation is 1. The Labute approximate surface area is 126 Å². The Morgan fingerprint density at radius 2 is 2.00 bits per heavy atom. The van der Waals surface area contributed by atoms with E-state index < -0.39 is 0 Å². The van der Waals surface area contributed by atoms with E-state index in [0.717, 1.165) is 16.5 Å². The van der Waals surface area contributed by atoms with Gasteiger partial charge >= 0.3 is 0 Å². The number of halogens is 1. The average molecular weight is 295 g/mol. The largest absolute Gasteiger partial charge is 0.360 e. The van der Waals surface area contributed by atoms with Gasteiger partial charge in [-0.2, -0.15) is 5.26 Å². The van der Waals surface area contributed by atoms with Crippen molar-refractivity contribution in [2.75, 3.05) is 0 Å². The van der Waals surface area contributed by atoms with Crippen LogP contribution in [0.4, 0.5) is 0 Å². The molecule has 3 nitrogen and oxygen atoms in total. The Morgan fingerprint density at radius 1 is 1.19 bits per heavy atom. The van der Waals surface area contributed by atoms with Gasteiger partial charge < -0.3 is 4.98 Å². The summed E-state index contributed by atoms with van der Waals surface area (Å²) in [7, 11) is 0. The van der Waals surface area contributed by atoms with Gasteiger partial charge in [0.25, 0.3) is 0 Å². The second-order valence-electron chi connectivity index (χ2n) is 4.86. The number of nitrogens with one attached hydrogen (secondary N) is 1. The van der Waals surface area contributed by atoms with E-state index in [2.05, 4.69) is 11.1 Å². The van der Waals surface area contributed by atoms with Crippen LogP contribution >= 0.6 is 11.6 Å². The van der Waals surface area contributed by atoms with E-state index in [1.54, 1.807) is 36.5 Å². The summed E-state index contributed by atoms with van der Waals surface area (Å²) in [6.45, 7) is 1.87. The number of H-pyrrole nitrogens is 1. The summed E-state index contributed by atoms with van der Waals surface area (Å²) in [4.78, 5) is 15.8. The van der Waals surface area contributed by atoms with Crippen molar-refractivity contribution in [2.24, 2.45) is 0 Å². The predicted molar refractivity (Wildman–Crippen MR) is 82.6 cm³/mol. The first-order valence-corrected chi connectivity index (χ1v) is 6.80. The first-order chi connectivity index (χ1) is 10.1. The molecule has 0 aliphatic rings. The minimum Gasteiger partial charge on any atom is -0.360 e. The molecule has 2 aromatic carbocycles. The number of carbonyl (C=O) groups excluding carboxylic acids is 1. The van der Waals surface area contributed by atoms with Crippen LogP contribution < -0.4 is 0 Å². The molecular formula is C17H11ClN2O. The summed E-state index contributed by atoms with van der Waals surface area (Å²) in [5.41, 5.74) is 3.35. The third-order valence-corrected chi connectivity index (χ3v) is 3.73. The lowest BCUT2D eigenvalue weighted by Crippen LogP contribution is -2.03. The zero-order valence-corrected chi connectivity index (χ0v) is 12.0. The van der Waals surface area contributed by atoms with Crippen LogP contribution in [0, 0.1) is 18.3 Å². The van der Waals surface area contributed by atoms with Gasteiger partial charge in [-0.15, -0.1) is 0 Å². The Bertz CT molecular complexity index is 903. The van der Waals surface area contributed by atoms with Crippen LogP contribution in [-0.4, -0.2) is 10.8 Å². The number of hydrogen-bond acceptors (Lipinski definition) is 2. The molecule has 0 aliphatic heterocycles. The maximum Gasteiger partial charge on any atom is 0.195 e. The highest BCUT2D eigenvalue weighted by Gasteiger charge is 2.16. The minimum atomic E-state index is -0.101. The molecule has 0 bridgehead atoms. The maximum atomic E-state index is 12.7. The van der Waals surface area contributed by atoms with Crippen molar-refractivity contribution in [1.29, 1.82) is 5.26 Å². The molecule has 4 heteroatoms. The zero-order valence-electron chi connectivity index (χ0n) is 11.3. The Balaban J connectivity index is 2.18. The second-order valence-corrected chi connectivity index (χ2v) is 5.30. The van der Waals surface area contributed by atoms with Crippen LogP contribution in [0.1, 0.15) is 27.0 Å². The molecule has 1 N–H and O–H groups in total. The fourth-order valence-electron chi connectivity index (χ4n) is 2.36. The average Bonchev–Trinajstić information content (AvgIpc) is 2.91. The van der Waals surface area contributed by atoms with Crippen molar-refractivity contribution in [3.05, 3.63) is 69.9 Å². The van der Waals surface area contributed by atoms with E-state index in [0.29, 0.717) is 21.7 Å². The third kappa shape index (κ3) is 2.31. The fraction of sp³-hybridized carbons (Fsp3) is 0.0588. The van der Waals surface area contributed by atoms with E-state index in [1.807, 2.05) is 13.0 Å². The molecule has 102 valence electrons. The first-order valence-electron chi connectivity index (χ1n) is 6.42. The molecule has 0 saturated heterocycles. The normalized spacial score (nSPS) is 10.5. The Morgan fingerprint density at radius 3 is 2.76 bits per heavy atom. The van der Waals surface area contributed by atoms with Crippen LogP contribution in [0.3, 0.4) is 0 Å². The molecule has 0 saturated carbocycles. The van der Waals surface area contributed by atoms with Crippen molar-refractivity contribution < 1.29 is 4.79 Å². The summed E-state index contributed by atoms with van der Waals surface area (Å²) in [6, 6.07) is 12.6. The fourth-order valence-corrected chi connectivity index (χ4v) is 2.53. The number of benzene rings is 2. The summed E-state index contributed by atoms with van der Waals surface area (Å²) in [5.74, 6) is -0.101. The lowest BCUT2D eigenvalue weighted by molar-refractivity contribution is 0.104. The highest BCUT2D eigenvalue weighted by molar-refractivity contribution is 6.31. The molecule has 1 heterocycles. The van der Waals surface area contributed by atoms with Gasteiger partial charge in [-0.3, -0.25) is 4.79 Å². The minimum absolute atomic E-state index is 0.101. The molecule has 0 aliphatic carbocycles. The standard InChI is InChI=1S/C17H11ClN2O/c1-10-2-4-12(18)7-13(10)17(21)15-9-20-16-5-3-11(8-19)6-14(15)16/h2-7,9,20H,1H3. The molecule has 0 spiro atoms. The summed E-state index contributed by atoms with van der Waals surface area (Å²) in [5, 5.41) is 10.3. The van der Waals surface area contributed by atoms with Crippen LogP contribution in [0.25, 0.3) is 10.9 Å². The van der Waals surface area contributed by atoms with E-state index >= 15 is 0 Å². The summed E-state index contributed by atoms with van der Waals surface area (Å²) in [6.07, 6.45) is 1.68. The molecule has 21 heavy (non-hydrogen) atoms. The Hall–Kier alpha value is -2.57. The number of carbonyl (C=O) groups is 1. The van der Waals surface area contributed by atoms with Gasteiger partial charge in [0.15, 0.2) is 5.78 Å². The third-order valence-electron chi connectivity index (χ3n) is 3.50. The topological polar surface area (TPSA) is 56.6 Å². The molecule has 3 rings (SSSR count). The second kappa shape index (κ2) is 5.08. The zero-order chi connectivity index (χ0) is 15.0. The van der Waals surface area contributed by atoms with Crippen molar-refractivity contribution >= 4 is 28.3 Å². The highest BCUT2D eigenvalue weighted by atomic mass is 35.5. The monoisotopic (exact) mass is 294 g/mol. The summed E-state index contributed by atoms with van der Waals surface area (Å²) >= 11 is 5.99. The van der Waals surface area contributed by atoms with Gasteiger partial charge in [-0.1, -0.05) is 17.7 Å². The van der Waals surface area contributed by atoms with Gasteiger partial charge in [0.2, 0.25) is 0 Å². The molecule has 0 fully saturated rings. The quantitative estimate of drug-likeness (QED) is 0.719. The number of aromatic amines is 1. The number of aromatic nitrogens is 1. The van der Waals surface area contributed by atoms with Gasteiger partial charge in [0.1, 0.15) is 0 Å². The Kier molecular flexibility index (Phi) is 3.25. The van der Waals surface area contributed by atoms with Crippen molar-refractivity contribution in [3.8, 4) is 6.07 Å². The van der Waals surface area contributed by atoms with Crippen molar-refractivity contribution in [1.82, 2.24) is 4.98 Å². The number of hydrogen-bond donors (Lipinski definition) is 1. The number of nitriles is 1. The lowest BCUT2D eigenvalue weighted by atomic mass is 9.98. The highest BCUT2D eigenvalue weighted by Crippen LogP contribution is 2.25. The number of nitrogens with zero attached hydrogens (tertiary/aromatic N) is 1. The number of rotatable bonds is 2. The number of fused-ring (bicyclic) bond motifs is 1. The SMILES string of the molecule is Cc1ccc(Cl)cc1C(=O)c1c[nH]c2ccc(C#N)cc12. The van der Waals surface area contributed by atoms with Crippen molar-refractivity contribution in [2.45, 2.75) is 6.92 Å². The lowest BCUT2D eigenvalue weighted by Gasteiger charge is -2.05. The van der Waals surface area contributed by atoms with E-state index in [9.17, 15) is 4.79 Å². The van der Waals surface area contributed by atoms with Crippen LogP contribution in [-0.2, 0) is 0 Å². The van der Waals surface area contributed by atoms with Gasteiger partial charge in [-0.25, -0.2) is 0 Å². The predicted octanol–water partition coefficient (Wildman–Crippen LogP) is 4.23. The molecule has 0 radical (unpaired) electrons. The molecular weight excluding hydrogens is 284 g/mol. The van der Waals surface area contributed by atoms with Gasteiger partial charge in [0, 0.05) is 33.2 Å². The number of ketones is 1.